The number of methoxy groups -OCH3 is 4. The van der Waals surface area contributed by atoms with Crippen molar-refractivity contribution in [2.75, 3.05) is 35.0 Å². The lowest BCUT2D eigenvalue weighted by Crippen LogP contribution is -2.64. The van der Waals surface area contributed by atoms with Gasteiger partial charge in [-0.1, -0.05) is 35.3 Å². The van der Waals surface area contributed by atoms with Crippen molar-refractivity contribution in [2.45, 2.75) is 86.2 Å². The summed E-state index contributed by atoms with van der Waals surface area (Å²) < 4.78 is 71.6. The third-order valence-electron chi connectivity index (χ3n) is 11.7. The number of guanidine groups is 1. The van der Waals surface area contributed by atoms with Crippen LogP contribution in [0.4, 0.5) is 0 Å². The van der Waals surface area contributed by atoms with Crippen molar-refractivity contribution in [2.24, 2.45) is 33.4 Å². The number of aromatic nitrogens is 6. The Morgan fingerprint density at radius 2 is 1.17 bits per heavy atom. The third kappa shape index (κ3) is 15.3. The van der Waals surface area contributed by atoms with E-state index >= 15 is 0 Å². The van der Waals surface area contributed by atoms with Crippen LogP contribution in [-0.4, -0.2) is 121 Å². The lowest BCUT2D eigenvalue weighted by atomic mass is 9.50. The summed E-state index contributed by atoms with van der Waals surface area (Å²) in [7, 11) is -2.10. The van der Waals surface area contributed by atoms with Gasteiger partial charge in [0.05, 0.1) is 36.3 Å². The summed E-state index contributed by atoms with van der Waals surface area (Å²) in [5, 5.41) is 3.67. The first-order valence-corrected chi connectivity index (χ1v) is 25.2. The highest BCUT2D eigenvalue weighted by Crippen LogP contribution is 2.59. The summed E-state index contributed by atoms with van der Waals surface area (Å²) in [6.45, 7) is 2.87. The fourth-order valence-corrected chi connectivity index (χ4v) is 9.45. The Balaban J connectivity index is 0.000000248. The first-order valence-electron chi connectivity index (χ1n) is 21.3. The van der Waals surface area contributed by atoms with Crippen molar-refractivity contribution in [3.05, 3.63) is 94.3 Å². The number of carbonyl (C=O) groups is 2. The van der Waals surface area contributed by atoms with Crippen LogP contribution < -0.4 is 41.7 Å². The summed E-state index contributed by atoms with van der Waals surface area (Å²) in [5.41, 5.74) is 16.4. The second-order valence-corrected chi connectivity index (χ2v) is 21.7. The van der Waals surface area contributed by atoms with Gasteiger partial charge in [0, 0.05) is 56.7 Å². The fraction of sp³-hybridized carbons (Fsp3) is 0.500. The molecule has 384 valence electrons. The van der Waals surface area contributed by atoms with Crippen molar-refractivity contribution in [3.63, 3.8) is 0 Å². The van der Waals surface area contributed by atoms with E-state index in [1.165, 1.54) is 92.4 Å². The van der Waals surface area contributed by atoms with E-state index in [-0.39, 0.29) is 59.5 Å². The first kappa shape index (κ1) is 57.6. The van der Waals surface area contributed by atoms with Crippen LogP contribution in [-0.2, 0) is 29.5 Å². The molecule has 6 saturated carbocycles. The standard InChI is InChI=1S/C21H26ClN7O5S.C8H12ClN3O3S.C8H10N2O2.C5H9N.ClH/c1-12(17(34-3)18-23-10-14(22)11-24-18)35(31,32)29-20(26-21-7-13(8-21)9-21)28-27-19(30)15-5-4-6-16(25-15)33-2;1-5(16(10,13)14)7(15-2)8-11-3-6(9)4-12-8;1-12-8-4-2-3-6(10-8)7(11)5-9;6-5-1-4(2-5)3-5;/h4-6,10-13,17H,7-9H2,1-3H3,(H,27,30)(H2,26,28,29);3-5,7H,1-2H3,(H2,10,13,14);2-4H,5,9H2,1H3;4H,1-3,6H2;1H/t12-,13?,17-,21?;5-,7-;;;/m00.../s1. The SMILES string of the molecule is CO[C@H](c1ncc(Cl)cn1)[C@H](C)S(N)(=O)=O.COc1cccc(C(=O)CN)n1.COc1cccc(C(=O)NNC(=NC23CC(C2)C3)NS(=O)(=O)[C@@H](C)[C@H](OC)c2ncc(Cl)cn2)n1.Cl.NC12CC(C1)C2. The third-order valence-corrected chi connectivity index (χ3v) is 15.1. The molecule has 4 heterocycles. The number of ether oxygens (including phenoxy) is 4. The Morgan fingerprint density at radius 3 is 1.54 bits per heavy atom. The number of amides is 1. The number of hydrogen-bond acceptors (Lipinski definition) is 19. The van der Waals surface area contributed by atoms with Crippen LogP contribution in [0.25, 0.3) is 0 Å². The number of ketones is 1. The molecule has 23 nitrogen and oxygen atoms in total. The molecule has 4 aromatic heterocycles. The minimum absolute atomic E-state index is 0. The number of nitrogens with one attached hydrogen (secondary N) is 3. The molecule has 0 radical (unpaired) electrons. The quantitative estimate of drug-likeness (QED) is 0.0431. The molecule has 70 heavy (non-hydrogen) atoms. The van der Waals surface area contributed by atoms with Crippen LogP contribution in [0.3, 0.4) is 0 Å². The topological polar surface area (TPSA) is 343 Å². The molecular formula is C42H58Cl3N13O10S2. The van der Waals surface area contributed by atoms with E-state index in [0.29, 0.717) is 33.1 Å². The smallest absolute Gasteiger partial charge is 0.288 e. The van der Waals surface area contributed by atoms with Crippen molar-refractivity contribution in [3.8, 4) is 11.8 Å². The molecule has 4 bridgehead atoms. The maximum atomic E-state index is 13.2. The molecule has 0 aromatic carbocycles. The molecule has 6 aliphatic carbocycles. The van der Waals surface area contributed by atoms with Crippen molar-refractivity contribution in [1.29, 1.82) is 0 Å². The van der Waals surface area contributed by atoms with Gasteiger partial charge in [-0.25, -0.2) is 56.9 Å². The van der Waals surface area contributed by atoms with Gasteiger partial charge in [0.15, 0.2) is 17.4 Å². The fourth-order valence-electron chi connectivity index (χ4n) is 7.57. The van der Waals surface area contributed by atoms with Gasteiger partial charge in [-0.3, -0.25) is 25.2 Å². The maximum absolute atomic E-state index is 13.2. The largest absolute Gasteiger partial charge is 0.481 e. The van der Waals surface area contributed by atoms with Crippen molar-refractivity contribution < 1.29 is 45.4 Å². The molecule has 9 N–H and O–H groups in total. The molecule has 0 unspecified atom stereocenters. The predicted octanol–water partition coefficient (Wildman–Crippen LogP) is 3.02. The minimum atomic E-state index is -4.06. The average molecular weight is 1080 g/mol. The van der Waals surface area contributed by atoms with Gasteiger partial charge in [-0.15, -0.1) is 12.4 Å². The molecule has 1 amide bonds. The summed E-state index contributed by atoms with van der Waals surface area (Å²) in [4.78, 5) is 52.1. The number of Topliss-reactive ketones (excluding diaryl/α,β-unsaturated/α-hetero) is 1. The van der Waals surface area contributed by atoms with E-state index in [4.69, 9.17) is 58.8 Å². The number of halogens is 3. The van der Waals surface area contributed by atoms with E-state index in [1.54, 1.807) is 30.3 Å². The number of sulfonamides is 2. The summed E-state index contributed by atoms with van der Waals surface area (Å²) in [6, 6.07) is 9.70. The van der Waals surface area contributed by atoms with Crippen LogP contribution in [0.5, 0.6) is 11.8 Å². The van der Waals surface area contributed by atoms with Crippen LogP contribution >= 0.6 is 35.6 Å². The maximum Gasteiger partial charge on any atom is 0.288 e. The van der Waals surface area contributed by atoms with E-state index in [0.717, 1.165) is 25.2 Å². The summed E-state index contributed by atoms with van der Waals surface area (Å²) in [6.07, 6.45) is 10.3. The molecule has 4 atom stereocenters. The lowest BCUT2D eigenvalue weighted by molar-refractivity contribution is -0.0170. The van der Waals surface area contributed by atoms with Crippen molar-refractivity contribution >= 4 is 73.3 Å². The highest BCUT2D eigenvalue weighted by Gasteiger charge is 2.57. The Hall–Kier alpha value is -4.96. The van der Waals surface area contributed by atoms with Gasteiger partial charge >= 0.3 is 0 Å². The molecule has 4 aromatic rings. The average Bonchev–Trinajstić information content (AvgIpc) is 3.29. The number of hydrazine groups is 1. The molecule has 0 aliphatic heterocycles. The molecule has 0 spiro atoms. The zero-order chi connectivity index (χ0) is 50.7. The Bertz CT molecular complexity index is 2630. The second-order valence-electron chi connectivity index (χ2n) is 16.8. The molecule has 28 heteroatoms. The number of pyridine rings is 2. The van der Waals surface area contributed by atoms with Gasteiger partial charge in [-0.2, -0.15) is 0 Å². The summed E-state index contributed by atoms with van der Waals surface area (Å²) in [5.74, 6) is 1.88. The number of hydrogen-bond donors (Lipinski definition) is 6. The van der Waals surface area contributed by atoms with Gasteiger partial charge in [0.1, 0.15) is 34.1 Å². The summed E-state index contributed by atoms with van der Waals surface area (Å²) >= 11 is 11.5. The van der Waals surface area contributed by atoms with Crippen LogP contribution in [0.1, 0.15) is 97.2 Å². The van der Waals surface area contributed by atoms with E-state index in [9.17, 15) is 26.4 Å². The number of nitrogens with zero attached hydrogens (tertiary/aromatic N) is 7. The molecule has 6 fully saturated rings. The van der Waals surface area contributed by atoms with Gasteiger partial charge in [0.25, 0.3) is 5.91 Å². The van der Waals surface area contributed by atoms with Gasteiger partial charge in [0.2, 0.25) is 37.8 Å². The molecule has 6 aliphatic rings. The number of primary sulfonamides is 1. The Kier molecular flexibility index (Phi) is 20.5. The number of rotatable bonds is 15. The molecule has 10 rings (SSSR count). The zero-order valence-electron chi connectivity index (χ0n) is 39.1. The minimum Gasteiger partial charge on any atom is -0.481 e. The lowest BCUT2D eigenvalue weighted by Gasteiger charge is -2.59. The highest BCUT2D eigenvalue weighted by atomic mass is 35.5. The Morgan fingerprint density at radius 1 is 0.743 bits per heavy atom. The van der Waals surface area contributed by atoms with Crippen molar-refractivity contribution in [1.82, 2.24) is 45.5 Å². The van der Waals surface area contributed by atoms with Crippen LogP contribution in [0.15, 0.2) is 66.2 Å². The Labute approximate surface area is 422 Å². The second kappa shape index (κ2) is 24.9. The van der Waals surface area contributed by atoms with E-state index in [2.05, 4.69) is 50.5 Å². The molecular weight excluding hydrogens is 1020 g/mol. The van der Waals surface area contributed by atoms with Crippen LogP contribution in [0, 0.1) is 11.8 Å². The van der Waals surface area contributed by atoms with Crippen LogP contribution in [0.2, 0.25) is 10.0 Å². The monoisotopic (exact) mass is 1070 g/mol. The number of aliphatic imine (C=N–C) groups is 1. The molecule has 0 saturated heterocycles. The van der Waals surface area contributed by atoms with Gasteiger partial charge < -0.3 is 30.4 Å². The first-order chi connectivity index (χ1) is 32.6. The predicted molar refractivity (Wildman–Crippen MR) is 262 cm³/mol. The van der Waals surface area contributed by atoms with E-state index < -0.39 is 48.7 Å². The number of carbonyl (C=O) groups excluding carboxylic acids is 2. The van der Waals surface area contributed by atoms with Gasteiger partial charge in [-0.05, 0) is 76.3 Å². The number of nitrogens with two attached hydrogens (primary N) is 3. The van der Waals surface area contributed by atoms with E-state index in [1.807, 2.05) is 0 Å². The zero-order valence-corrected chi connectivity index (χ0v) is 43.1. The normalized spacial score (nSPS) is 22.0. The highest BCUT2D eigenvalue weighted by molar-refractivity contribution is 7.90.